The van der Waals surface area contributed by atoms with Crippen molar-refractivity contribution >= 4 is 23.1 Å². The van der Waals surface area contributed by atoms with E-state index in [2.05, 4.69) is 5.32 Å². The number of anilines is 1. The molecule has 0 aliphatic carbocycles. The molecule has 2 amide bonds. The average Bonchev–Trinajstić information content (AvgIpc) is 2.83. The first-order chi connectivity index (χ1) is 12.8. The lowest BCUT2D eigenvalue weighted by molar-refractivity contribution is -0.135. The van der Waals surface area contributed by atoms with Crippen molar-refractivity contribution in [3.8, 4) is 5.75 Å². The highest BCUT2D eigenvalue weighted by Gasteiger charge is 2.36. The van der Waals surface area contributed by atoms with Gasteiger partial charge in [0.15, 0.2) is 0 Å². The van der Waals surface area contributed by atoms with Crippen molar-refractivity contribution in [2.75, 3.05) is 12.4 Å². The Morgan fingerprint density at radius 3 is 2.26 bits per heavy atom. The van der Waals surface area contributed by atoms with Crippen molar-refractivity contribution in [3.63, 3.8) is 0 Å². The van der Waals surface area contributed by atoms with Gasteiger partial charge in [0.1, 0.15) is 11.4 Å². The molecule has 1 aliphatic heterocycles. The smallest absolute Gasteiger partial charge is 0.277 e. The van der Waals surface area contributed by atoms with Crippen molar-refractivity contribution in [3.05, 3.63) is 64.9 Å². The fourth-order valence-corrected chi connectivity index (χ4v) is 3.00. The van der Waals surface area contributed by atoms with Crippen LogP contribution in [-0.4, -0.2) is 29.9 Å². The van der Waals surface area contributed by atoms with E-state index in [-0.39, 0.29) is 17.9 Å². The Labute approximate surface area is 159 Å². The summed E-state index contributed by atoms with van der Waals surface area (Å²) in [5, 5.41) is 3.19. The van der Waals surface area contributed by atoms with E-state index in [0.29, 0.717) is 16.8 Å². The quantitative estimate of drug-likeness (QED) is 0.817. The molecule has 5 heteroatoms. The molecule has 0 unspecified atom stereocenters. The van der Waals surface area contributed by atoms with E-state index in [9.17, 15) is 9.59 Å². The monoisotopic (exact) mass is 364 g/mol. The summed E-state index contributed by atoms with van der Waals surface area (Å²) in [6, 6.07) is 13.2. The molecule has 0 bridgehead atoms. The third kappa shape index (κ3) is 3.72. The van der Waals surface area contributed by atoms with Gasteiger partial charge in [0.2, 0.25) is 0 Å². The summed E-state index contributed by atoms with van der Waals surface area (Å²) in [7, 11) is 1.50. The molecule has 0 fully saturated rings. The Balaban J connectivity index is 2.03. The van der Waals surface area contributed by atoms with Crippen LogP contribution in [0.2, 0.25) is 0 Å². The second-order valence-electron chi connectivity index (χ2n) is 7.05. The zero-order chi connectivity index (χ0) is 19.7. The van der Waals surface area contributed by atoms with Gasteiger partial charge in [-0.25, -0.2) is 0 Å². The molecule has 2 aromatic carbocycles. The highest BCUT2D eigenvalue weighted by Crippen LogP contribution is 2.31. The van der Waals surface area contributed by atoms with Crippen LogP contribution in [0.4, 0.5) is 5.69 Å². The van der Waals surface area contributed by atoms with Crippen LogP contribution in [0.3, 0.4) is 0 Å². The van der Waals surface area contributed by atoms with Crippen LogP contribution < -0.4 is 10.1 Å². The molecule has 27 heavy (non-hydrogen) atoms. The maximum atomic E-state index is 12.7. The van der Waals surface area contributed by atoms with Crippen LogP contribution in [0.1, 0.15) is 30.5 Å². The van der Waals surface area contributed by atoms with Crippen molar-refractivity contribution in [1.82, 2.24) is 4.90 Å². The first kappa shape index (κ1) is 18.7. The summed E-state index contributed by atoms with van der Waals surface area (Å²) in [4.78, 5) is 26.5. The molecular formula is C22H24N2O3. The largest absolute Gasteiger partial charge is 0.491 e. The maximum absolute atomic E-state index is 12.7. The van der Waals surface area contributed by atoms with Gasteiger partial charge < -0.3 is 10.1 Å². The third-order valence-corrected chi connectivity index (χ3v) is 4.45. The minimum atomic E-state index is -0.335. The van der Waals surface area contributed by atoms with E-state index >= 15 is 0 Å². The van der Waals surface area contributed by atoms with Crippen LogP contribution in [0.15, 0.2) is 48.2 Å². The number of likely N-dealkylation sites (N-methyl/N-ethyl adjacent to an activating group) is 1. The number of amides is 2. The minimum absolute atomic E-state index is 0.0670. The highest BCUT2D eigenvalue weighted by atomic mass is 16.5. The molecule has 1 heterocycles. The van der Waals surface area contributed by atoms with E-state index < -0.39 is 0 Å². The third-order valence-electron chi connectivity index (χ3n) is 4.45. The second kappa shape index (κ2) is 7.27. The van der Waals surface area contributed by atoms with Crippen LogP contribution >= 0.6 is 0 Å². The molecule has 0 atom stereocenters. The molecule has 1 N–H and O–H groups in total. The first-order valence-electron chi connectivity index (χ1n) is 8.96. The molecule has 1 aliphatic rings. The van der Waals surface area contributed by atoms with Gasteiger partial charge >= 0.3 is 0 Å². The number of hydrogen-bond acceptors (Lipinski definition) is 4. The normalized spacial score (nSPS) is 14.4. The van der Waals surface area contributed by atoms with Crippen molar-refractivity contribution in [2.24, 2.45) is 0 Å². The predicted molar refractivity (Wildman–Crippen MR) is 106 cm³/mol. The molecule has 2 aromatic rings. The highest BCUT2D eigenvalue weighted by molar-refractivity contribution is 6.36. The number of aryl methyl sites for hydroxylation is 2. The van der Waals surface area contributed by atoms with Gasteiger partial charge in [-0.05, 0) is 62.6 Å². The molecule has 140 valence electrons. The zero-order valence-electron chi connectivity index (χ0n) is 16.3. The summed E-state index contributed by atoms with van der Waals surface area (Å²) in [6.07, 6.45) is 0.0670. The SMILES string of the molecule is Cc1ccc(C)c(NC2=C(c3ccc(OC(C)C)cc3)C(=O)N(C)C2=O)c1. The van der Waals surface area contributed by atoms with Crippen molar-refractivity contribution in [2.45, 2.75) is 33.8 Å². The van der Waals surface area contributed by atoms with Gasteiger partial charge in [-0.3, -0.25) is 14.5 Å². The van der Waals surface area contributed by atoms with E-state index in [1.54, 1.807) is 0 Å². The Bertz CT molecular complexity index is 927. The number of rotatable bonds is 5. The van der Waals surface area contributed by atoms with Gasteiger partial charge in [0.05, 0.1) is 11.7 Å². The van der Waals surface area contributed by atoms with Crippen molar-refractivity contribution < 1.29 is 14.3 Å². The fourth-order valence-electron chi connectivity index (χ4n) is 3.00. The van der Waals surface area contributed by atoms with Gasteiger partial charge in [0.25, 0.3) is 11.8 Å². The number of nitrogens with one attached hydrogen (secondary N) is 1. The molecule has 0 saturated heterocycles. The number of hydrogen-bond donors (Lipinski definition) is 1. The van der Waals surface area contributed by atoms with Crippen LogP contribution in [0.25, 0.3) is 5.57 Å². The topological polar surface area (TPSA) is 58.6 Å². The number of nitrogens with zero attached hydrogens (tertiary/aromatic N) is 1. The van der Waals surface area contributed by atoms with Gasteiger partial charge in [-0.2, -0.15) is 0 Å². The number of benzene rings is 2. The van der Waals surface area contributed by atoms with Gasteiger partial charge in [-0.1, -0.05) is 24.3 Å². The summed E-state index contributed by atoms with van der Waals surface area (Å²) < 4.78 is 5.66. The lowest BCUT2D eigenvalue weighted by atomic mass is 10.0. The standard InChI is InChI=1S/C22H24N2O3/c1-13(2)27-17-10-8-16(9-11-17)19-20(22(26)24(5)21(19)25)23-18-12-14(3)6-7-15(18)4/h6-13,23H,1-5H3. The van der Waals surface area contributed by atoms with E-state index in [0.717, 1.165) is 27.5 Å². The Kier molecular flexibility index (Phi) is 5.04. The van der Waals surface area contributed by atoms with E-state index in [1.807, 2.05) is 70.2 Å². The molecule has 0 spiro atoms. The van der Waals surface area contributed by atoms with Gasteiger partial charge in [0, 0.05) is 12.7 Å². The Morgan fingerprint density at radius 1 is 0.963 bits per heavy atom. The minimum Gasteiger partial charge on any atom is -0.491 e. The Morgan fingerprint density at radius 2 is 1.63 bits per heavy atom. The van der Waals surface area contributed by atoms with Crippen LogP contribution in [0.5, 0.6) is 5.75 Å². The fraction of sp³-hybridized carbons (Fsp3) is 0.273. The van der Waals surface area contributed by atoms with E-state index in [4.69, 9.17) is 4.74 Å². The molecule has 3 rings (SSSR count). The molecule has 5 nitrogen and oxygen atoms in total. The number of ether oxygens (including phenoxy) is 1. The average molecular weight is 364 g/mol. The van der Waals surface area contributed by atoms with Crippen LogP contribution in [-0.2, 0) is 9.59 Å². The zero-order valence-corrected chi connectivity index (χ0v) is 16.3. The summed E-state index contributed by atoms with van der Waals surface area (Å²) in [5.41, 5.74) is 4.25. The molecule has 0 saturated carbocycles. The molecular weight excluding hydrogens is 340 g/mol. The summed E-state index contributed by atoms with van der Waals surface area (Å²) in [6.45, 7) is 7.86. The predicted octanol–water partition coefficient (Wildman–Crippen LogP) is 3.91. The molecule has 0 aromatic heterocycles. The first-order valence-corrected chi connectivity index (χ1v) is 8.96. The lowest BCUT2D eigenvalue weighted by Gasteiger charge is -2.13. The van der Waals surface area contributed by atoms with Crippen LogP contribution in [0, 0.1) is 13.8 Å². The van der Waals surface area contributed by atoms with E-state index in [1.165, 1.54) is 7.05 Å². The maximum Gasteiger partial charge on any atom is 0.277 e. The van der Waals surface area contributed by atoms with Gasteiger partial charge in [-0.15, -0.1) is 0 Å². The second-order valence-corrected chi connectivity index (χ2v) is 7.05. The summed E-state index contributed by atoms with van der Waals surface area (Å²) in [5.74, 6) is 0.0762. The Hall–Kier alpha value is -3.08. The number of carbonyl (C=O) groups is 2. The van der Waals surface area contributed by atoms with Crippen molar-refractivity contribution in [1.29, 1.82) is 0 Å². The molecule has 0 radical (unpaired) electrons. The number of carbonyl (C=O) groups excluding carboxylic acids is 2. The summed E-state index contributed by atoms with van der Waals surface area (Å²) >= 11 is 0. The lowest BCUT2D eigenvalue weighted by Crippen LogP contribution is -2.28. The number of imide groups is 1.